The summed E-state index contributed by atoms with van der Waals surface area (Å²) in [4.78, 5) is 20.2. The maximum Gasteiger partial charge on any atom is 0.418 e. The van der Waals surface area contributed by atoms with Crippen LogP contribution in [-0.2, 0) is 12.7 Å². The predicted molar refractivity (Wildman–Crippen MR) is 96.2 cm³/mol. The maximum atomic E-state index is 13.5. The standard InChI is InChI=1S/C18H15F4N5O/c19-9-26-11-5-12-14(23)7-15(27-16(12)13(6-11)18(20,21)22)17(28)25-8-10-3-1-2-4-24-10/h1-7,26H,8-9H2,(H2,23,27)(H,25,28). The zero-order valence-electron chi connectivity index (χ0n) is 14.3. The first kappa shape index (κ1) is 19.3. The number of halogens is 4. The fourth-order valence-corrected chi connectivity index (χ4v) is 2.63. The Morgan fingerprint density at radius 1 is 1.18 bits per heavy atom. The number of carbonyl (C=O) groups excluding carboxylic acids is 1. The number of benzene rings is 1. The first-order chi connectivity index (χ1) is 13.3. The van der Waals surface area contributed by atoms with Crippen molar-refractivity contribution < 1.29 is 22.4 Å². The molecule has 0 aliphatic rings. The van der Waals surface area contributed by atoms with Crippen LogP contribution >= 0.6 is 0 Å². The second-order valence-corrected chi connectivity index (χ2v) is 5.83. The summed E-state index contributed by atoms with van der Waals surface area (Å²) in [5.41, 5.74) is 4.38. The Labute approximate surface area is 156 Å². The summed E-state index contributed by atoms with van der Waals surface area (Å²) in [6.07, 6.45) is -3.22. The van der Waals surface area contributed by atoms with E-state index in [1.807, 2.05) is 0 Å². The van der Waals surface area contributed by atoms with Crippen LogP contribution in [0.5, 0.6) is 0 Å². The number of nitrogen functional groups attached to an aromatic ring is 1. The van der Waals surface area contributed by atoms with E-state index in [-0.39, 0.29) is 29.0 Å². The largest absolute Gasteiger partial charge is 0.418 e. The summed E-state index contributed by atoms with van der Waals surface area (Å²) in [6.45, 7) is -0.977. The first-order valence-corrected chi connectivity index (χ1v) is 8.09. The third kappa shape index (κ3) is 4.11. The number of hydrogen-bond donors (Lipinski definition) is 3. The van der Waals surface area contributed by atoms with Gasteiger partial charge in [0.15, 0.2) is 6.80 Å². The fraction of sp³-hybridized carbons (Fsp3) is 0.167. The number of nitrogens with zero attached hydrogens (tertiary/aromatic N) is 2. The van der Waals surface area contributed by atoms with Crippen LogP contribution in [0.3, 0.4) is 0 Å². The van der Waals surface area contributed by atoms with Gasteiger partial charge in [0.05, 0.1) is 23.3 Å². The van der Waals surface area contributed by atoms with Crippen molar-refractivity contribution in [1.82, 2.24) is 15.3 Å². The average molecular weight is 393 g/mol. The highest BCUT2D eigenvalue weighted by Gasteiger charge is 2.34. The number of pyridine rings is 2. The molecule has 28 heavy (non-hydrogen) atoms. The average Bonchev–Trinajstić information content (AvgIpc) is 2.66. The predicted octanol–water partition coefficient (Wildman–Crippen LogP) is 3.50. The van der Waals surface area contributed by atoms with Crippen LogP contribution in [0.25, 0.3) is 10.9 Å². The molecule has 0 bridgehead atoms. The third-order valence-corrected chi connectivity index (χ3v) is 3.91. The van der Waals surface area contributed by atoms with Crippen LogP contribution in [-0.4, -0.2) is 22.7 Å². The number of aromatic nitrogens is 2. The summed E-state index contributed by atoms with van der Waals surface area (Å²) in [6, 6.07) is 8.28. The van der Waals surface area contributed by atoms with E-state index < -0.39 is 30.0 Å². The zero-order valence-corrected chi connectivity index (χ0v) is 14.3. The highest BCUT2D eigenvalue weighted by Crippen LogP contribution is 2.38. The molecule has 0 atom stereocenters. The van der Waals surface area contributed by atoms with Gasteiger partial charge in [-0.25, -0.2) is 9.37 Å². The molecule has 0 saturated heterocycles. The fourth-order valence-electron chi connectivity index (χ4n) is 2.63. The molecule has 3 aromatic rings. The second-order valence-electron chi connectivity index (χ2n) is 5.83. The van der Waals surface area contributed by atoms with E-state index in [1.54, 1.807) is 24.4 Å². The van der Waals surface area contributed by atoms with Crippen LogP contribution in [0.15, 0.2) is 42.6 Å². The van der Waals surface area contributed by atoms with Crippen molar-refractivity contribution in [3.05, 3.63) is 59.5 Å². The van der Waals surface area contributed by atoms with Gasteiger partial charge in [-0.05, 0) is 30.3 Å². The maximum absolute atomic E-state index is 13.5. The molecule has 0 unspecified atom stereocenters. The van der Waals surface area contributed by atoms with Crippen molar-refractivity contribution in [2.24, 2.45) is 0 Å². The van der Waals surface area contributed by atoms with E-state index in [4.69, 9.17) is 5.73 Å². The quantitative estimate of drug-likeness (QED) is 0.456. The third-order valence-electron chi connectivity index (χ3n) is 3.91. The van der Waals surface area contributed by atoms with Crippen molar-refractivity contribution in [1.29, 1.82) is 0 Å². The molecule has 6 nitrogen and oxygen atoms in total. The molecule has 4 N–H and O–H groups in total. The number of nitrogens with two attached hydrogens (primary N) is 1. The molecular weight excluding hydrogens is 378 g/mol. The lowest BCUT2D eigenvalue weighted by Gasteiger charge is -2.15. The molecule has 0 aliphatic carbocycles. The minimum absolute atomic E-state index is 0.0351. The van der Waals surface area contributed by atoms with Crippen molar-refractivity contribution in [3.8, 4) is 0 Å². The van der Waals surface area contributed by atoms with Crippen LogP contribution in [0, 0.1) is 0 Å². The minimum Gasteiger partial charge on any atom is -0.398 e. The van der Waals surface area contributed by atoms with Crippen LogP contribution < -0.4 is 16.4 Å². The lowest BCUT2D eigenvalue weighted by atomic mass is 10.1. The Bertz CT molecular complexity index is 1010. The summed E-state index contributed by atoms with van der Waals surface area (Å²) in [5.74, 6) is -0.696. The molecule has 146 valence electrons. The van der Waals surface area contributed by atoms with Crippen molar-refractivity contribution >= 4 is 28.2 Å². The molecule has 1 amide bonds. The number of anilines is 2. The molecule has 0 fully saturated rings. The molecule has 0 radical (unpaired) electrons. The number of hydrogen-bond acceptors (Lipinski definition) is 5. The normalized spacial score (nSPS) is 11.4. The van der Waals surface area contributed by atoms with Crippen molar-refractivity contribution in [2.75, 3.05) is 17.8 Å². The Morgan fingerprint density at radius 3 is 2.61 bits per heavy atom. The van der Waals surface area contributed by atoms with E-state index in [9.17, 15) is 22.4 Å². The summed E-state index contributed by atoms with van der Waals surface area (Å²) < 4.78 is 52.9. The summed E-state index contributed by atoms with van der Waals surface area (Å²) in [5, 5.41) is 4.68. The lowest BCUT2D eigenvalue weighted by molar-refractivity contribution is -0.136. The number of fused-ring (bicyclic) bond motifs is 1. The van der Waals surface area contributed by atoms with Crippen LogP contribution in [0.2, 0.25) is 0 Å². The van der Waals surface area contributed by atoms with Gasteiger partial charge in [-0.1, -0.05) is 6.07 Å². The minimum atomic E-state index is -4.77. The van der Waals surface area contributed by atoms with Gasteiger partial charge in [0, 0.05) is 23.0 Å². The molecule has 0 spiro atoms. The lowest BCUT2D eigenvalue weighted by Crippen LogP contribution is -2.24. The van der Waals surface area contributed by atoms with Crippen molar-refractivity contribution in [3.63, 3.8) is 0 Å². The monoisotopic (exact) mass is 393 g/mol. The summed E-state index contributed by atoms with van der Waals surface area (Å²) >= 11 is 0. The molecule has 0 aliphatic heterocycles. The second kappa shape index (κ2) is 7.67. The topological polar surface area (TPSA) is 92.9 Å². The Balaban J connectivity index is 2.01. The highest BCUT2D eigenvalue weighted by atomic mass is 19.4. The van der Waals surface area contributed by atoms with Gasteiger partial charge in [-0.15, -0.1) is 0 Å². The number of amides is 1. The molecule has 1 aromatic carbocycles. The Kier molecular flexibility index (Phi) is 5.30. The van der Waals surface area contributed by atoms with Gasteiger partial charge in [-0.2, -0.15) is 13.2 Å². The molecular formula is C18H15F4N5O. The van der Waals surface area contributed by atoms with E-state index in [0.717, 1.165) is 6.07 Å². The Morgan fingerprint density at radius 2 is 1.96 bits per heavy atom. The van der Waals surface area contributed by atoms with Gasteiger partial charge >= 0.3 is 6.18 Å². The number of rotatable bonds is 5. The zero-order chi connectivity index (χ0) is 20.3. The molecule has 2 aromatic heterocycles. The van der Waals surface area contributed by atoms with E-state index in [0.29, 0.717) is 5.69 Å². The summed E-state index contributed by atoms with van der Waals surface area (Å²) in [7, 11) is 0. The SMILES string of the molecule is Nc1cc(C(=O)NCc2ccccn2)nc2c(C(F)(F)F)cc(NCF)cc12. The van der Waals surface area contributed by atoms with Gasteiger partial charge in [0.1, 0.15) is 5.69 Å². The van der Waals surface area contributed by atoms with Gasteiger partial charge < -0.3 is 16.4 Å². The molecule has 3 rings (SSSR count). The van der Waals surface area contributed by atoms with Gasteiger partial charge in [0.25, 0.3) is 5.91 Å². The van der Waals surface area contributed by atoms with E-state index >= 15 is 0 Å². The van der Waals surface area contributed by atoms with Gasteiger partial charge in [-0.3, -0.25) is 9.78 Å². The van der Waals surface area contributed by atoms with Gasteiger partial charge in [0.2, 0.25) is 0 Å². The first-order valence-electron chi connectivity index (χ1n) is 8.09. The number of alkyl halides is 4. The molecule has 10 heteroatoms. The highest BCUT2D eigenvalue weighted by molar-refractivity contribution is 6.01. The number of nitrogens with one attached hydrogen (secondary N) is 2. The van der Waals surface area contributed by atoms with Crippen LogP contribution in [0.4, 0.5) is 28.9 Å². The van der Waals surface area contributed by atoms with Crippen LogP contribution in [0.1, 0.15) is 21.7 Å². The smallest absolute Gasteiger partial charge is 0.398 e. The van der Waals surface area contributed by atoms with Crippen molar-refractivity contribution in [2.45, 2.75) is 12.7 Å². The molecule has 2 heterocycles. The van der Waals surface area contributed by atoms with E-state index in [1.165, 1.54) is 12.1 Å². The van der Waals surface area contributed by atoms with E-state index in [2.05, 4.69) is 20.6 Å². The Hall–Kier alpha value is -3.43. The number of carbonyl (C=O) groups is 1. The molecule has 0 saturated carbocycles.